The van der Waals surface area contributed by atoms with Gasteiger partial charge in [0.05, 0.1) is 13.2 Å². The fourth-order valence-corrected chi connectivity index (χ4v) is 4.45. The van der Waals surface area contributed by atoms with Crippen LogP contribution in [-0.4, -0.2) is 83.2 Å². The number of hydrogen-bond acceptors (Lipinski definition) is 6. The molecule has 2 aromatic rings. The van der Waals surface area contributed by atoms with Gasteiger partial charge in [0.15, 0.2) is 5.82 Å². The summed E-state index contributed by atoms with van der Waals surface area (Å²) in [5.41, 5.74) is 2.42. The number of carboxylic acid groups (broad SMARTS) is 1. The number of amides is 1. The van der Waals surface area contributed by atoms with Crippen LogP contribution in [0.2, 0.25) is 0 Å². The van der Waals surface area contributed by atoms with Gasteiger partial charge in [-0.2, -0.15) is 0 Å². The predicted molar refractivity (Wildman–Crippen MR) is 120 cm³/mol. The summed E-state index contributed by atoms with van der Waals surface area (Å²) in [7, 11) is 1.51. The van der Waals surface area contributed by atoms with Crippen LogP contribution < -0.4 is 0 Å². The molecule has 1 aromatic heterocycles. The Morgan fingerprint density at radius 1 is 1.12 bits per heavy atom. The summed E-state index contributed by atoms with van der Waals surface area (Å²) < 4.78 is 5.13. The lowest BCUT2D eigenvalue weighted by Crippen LogP contribution is -2.43. The van der Waals surface area contributed by atoms with E-state index in [0.717, 1.165) is 17.5 Å². The fourth-order valence-electron chi connectivity index (χ4n) is 4.45. The van der Waals surface area contributed by atoms with Crippen LogP contribution in [-0.2, 0) is 14.3 Å². The topological polar surface area (TPSA) is 95.9 Å². The van der Waals surface area contributed by atoms with Crippen LogP contribution in [0.15, 0.2) is 48.8 Å². The maximum Gasteiger partial charge on any atom is 0.313 e. The maximum atomic E-state index is 12.8. The van der Waals surface area contributed by atoms with E-state index in [9.17, 15) is 14.7 Å². The van der Waals surface area contributed by atoms with Gasteiger partial charge >= 0.3 is 5.97 Å². The Morgan fingerprint density at radius 3 is 2.47 bits per heavy atom. The summed E-state index contributed by atoms with van der Waals surface area (Å²) >= 11 is 0. The number of rotatable bonds is 7. The van der Waals surface area contributed by atoms with Gasteiger partial charge in [-0.3, -0.25) is 14.5 Å². The number of hydrogen-bond donors (Lipinski definition) is 1. The summed E-state index contributed by atoms with van der Waals surface area (Å²) in [6, 6.07) is 9.97. The SMILES string of the molecule is COC[C@@]1(C(=O)O)CCN(CC(=O)N2CC=C(c3ccc(-c4ncccn4)cc3)CC2)C1. The molecule has 0 aliphatic carbocycles. The quantitative estimate of drug-likeness (QED) is 0.711. The number of aromatic nitrogens is 2. The van der Waals surface area contributed by atoms with Crippen molar-refractivity contribution in [1.82, 2.24) is 19.8 Å². The molecule has 1 aromatic carbocycles. The molecule has 1 N–H and O–H groups in total. The third-order valence-electron chi connectivity index (χ3n) is 6.31. The summed E-state index contributed by atoms with van der Waals surface area (Å²) in [4.78, 5) is 36.8. The molecule has 4 rings (SSSR count). The molecule has 1 atom stereocenters. The lowest BCUT2D eigenvalue weighted by atomic mass is 9.88. The lowest BCUT2D eigenvalue weighted by molar-refractivity contribution is -0.151. The van der Waals surface area contributed by atoms with E-state index in [-0.39, 0.29) is 19.1 Å². The van der Waals surface area contributed by atoms with Crippen LogP contribution in [0.4, 0.5) is 0 Å². The first-order chi connectivity index (χ1) is 15.5. The highest BCUT2D eigenvalue weighted by Crippen LogP contribution is 2.31. The average Bonchev–Trinajstić information content (AvgIpc) is 3.24. The maximum absolute atomic E-state index is 12.8. The third kappa shape index (κ3) is 4.71. The van der Waals surface area contributed by atoms with Gasteiger partial charge < -0.3 is 14.7 Å². The molecule has 8 heteroatoms. The molecule has 1 fully saturated rings. The highest BCUT2D eigenvalue weighted by Gasteiger charge is 2.45. The predicted octanol–water partition coefficient (Wildman–Crippen LogP) is 2.18. The van der Waals surface area contributed by atoms with E-state index in [4.69, 9.17) is 4.74 Å². The molecule has 32 heavy (non-hydrogen) atoms. The van der Waals surface area contributed by atoms with Crippen LogP contribution in [0.25, 0.3) is 17.0 Å². The third-order valence-corrected chi connectivity index (χ3v) is 6.31. The molecule has 0 radical (unpaired) electrons. The summed E-state index contributed by atoms with van der Waals surface area (Å²) in [6.45, 7) is 2.56. The largest absolute Gasteiger partial charge is 0.481 e. The molecule has 0 unspecified atom stereocenters. The van der Waals surface area contributed by atoms with Gasteiger partial charge in [-0.1, -0.05) is 30.3 Å². The van der Waals surface area contributed by atoms with Crippen molar-refractivity contribution in [2.45, 2.75) is 12.8 Å². The van der Waals surface area contributed by atoms with Crippen LogP contribution in [0.5, 0.6) is 0 Å². The number of carboxylic acids is 1. The van der Waals surface area contributed by atoms with Crippen LogP contribution >= 0.6 is 0 Å². The van der Waals surface area contributed by atoms with Crippen molar-refractivity contribution < 1.29 is 19.4 Å². The van der Waals surface area contributed by atoms with Crippen molar-refractivity contribution in [2.75, 3.05) is 46.4 Å². The summed E-state index contributed by atoms with van der Waals surface area (Å²) in [5, 5.41) is 9.60. The Morgan fingerprint density at radius 2 is 1.84 bits per heavy atom. The van der Waals surface area contributed by atoms with Crippen molar-refractivity contribution in [1.29, 1.82) is 0 Å². The number of ether oxygens (including phenoxy) is 1. The number of aliphatic carboxylic acids is 1. The number of likely N-dealkylation sites (tertiary alicyclic amines) is 1. The first-order valence-corrected chi connectivity index (χ1v) is 10.8. The normalized spacial score (nSPS) is 21.4. The highest BCUT2D eigenvalue weighted by molar-refractivity contribution is 5.81. The number of nitrogens with zero attached hydrogens (tertiary/aromatic N) is 4. The van der Waals surface area contributed by atoms with E-state index in [1.165, 1.54) is 12.7 Å². The second-order valence-corrected chi connectivity index (χ2v) is 8.45. The van der Waals surface area contributed by atoms with E-state index >= 15 is 0 Å². The van der Waals surface area contributed by atoms with Gasteiger partial charge in [0.2, 0.25) is 5.91 Å². The van der Waals surface area contributed by atoms with Gasteiger partial charge in [0, 0.05) is 44.7 Å². The van der Waals surface area contributed by atoms with E-state index < -0.39 is 11.4 Å². The van der Waals surface area contributed by atoms with Gasteiger partial charge in [-0.15, -0.1) is 0 Å². The smallest absolute Gasteiger partial charge is 0.313 e. The van der Waals surface area contributed by atoms with E-state index in [1.54, 1.807) is 18.5 Å². The minimum absolute atomic E-state index is 0.0375. The second kappa shape index (κ2) is 9.58. The van der Waals surface area contributed by atoms with Gasteiger partial charge in [-0.25, -0.2) is 9.97 Å². The minimum atomic E-state index is -0.916. The van der Waals surface area contributed by atoms with Crippen LogP contribution in [0, 0.1) is 5.41 Å². The molecule has 3 heterocycles. The van der Waals surface area contributed by atoms with E-state index in [0.29, 0.717) is 38.4 Å². The van der Waals surface area contributed by atoms with Gasteiger partial charge in [-0.05, 0) is 36.6 Å². The van der Waals surface area contributed by atoms with Crippen LogP contribution in [0.3, 0.4) is 0 Å². The highest BCUT2D eigenvalue weighted by atomic mass is 16.5. The first-order valence-electron chi connectivity index (χ1n) is 10.8. The molecular weight excluding hydrogens is 408 g/mol. The monoisotopic (exact) mass is 436 g/mol. The molecule has 168 valence electrons. The fraction of sp³-hybridized carbons (Fsp3) is 0.417. The van der Waals surface area contributed by atoms with E-state index in [2.05, 4.69) is 28.2 Å². The summed E-state index contributed by atoms with van der Waals surface area (Å²) in [6.07, 6.45) is 6.85. The average molecular weight is 437 g/mol. The van der Waals surface area contributed by atoms with Crippen molar-refractivity contribution in [3.05, 3.63) is 54.4 Å². The van der Waals surface area contributed by atoms with Crippen molar-refractivity contribution >= 4 is 17.4 Å². The number of methoxy groups -OCH3 is 1. The molecule has 0 saturated carbocycles. The first kappa shape index (κ1) is 22.1. The molecule has 8 nitrogen and oxygen atoms in total. The molecule has 1 saturated heterocycles. The standard InChI is InChI=1S/C24H28N4O4/c1-32-17-24(23(30)31)9-14-27(16-24)15-21(29)28-12-7-19(8-13-28)18-3-5-20(6-4-18)22-25-10-2-11-26-22/h2-7,10-11H,8-9,12-17H2,1H3,(H,30,31)/t24-/m1/s1. The minimum Gasteiger partial charge on any atom is -0.481 e. The van der Waals surface area contributed by atoms with Gasteiger partial charge in [0.25, 0.3) is 0 Å². The zero-order valence-corrected chi connectivity index (χ0v) is 18.2. The number of carbonyl (C=O) groups excluding carboxylic acids is 1. The van der Waals surface area contributed by atoms with Crippen molar-refractivity contribution in [3.8, 4) is 11.4 Å². The van der Waals surface area contributed by atoms with E-state index in [1.807, 2.05) is 21.9 Å². The van der Waals surface area contributed by atoms with Crippen LogP contribution in [0.1, 0.15) is 18.4 Å². The Bertz CT molecular complexity index is 993. The van der Waals surface area contributed by atoms with Crippen molar-refractivity contribution in [3.63, 3.8) is 0 Å². The molecule has 2 aliphatic heterocycles. The van der Waals surface area contributed by atoms with Gasteiger partial charge in [0.1, 0.15) is 5.41 Å². The summed E-state index contributed by atoms with van der Waals surface area (Å²) in [5.74, 6) is -0.118. The molecular formula is C24H28N4O4. The Kier molecular flexibility index (Phi) is 6.62. The number of carbonyl (C=O) groups is 2. The molecule has 1 amide bonds. The zero-order chi connectivity index (χ0) is 22.6. The Labute approximate surface area is 187 Å². The Balaban J connectivity index is 1.33. The Hall–Kier alpha value is -3.10. The zero-order valence-electron chi connectivity index (χ0n) is 18.2. The lowest BCUT2D eigenvalue weighted by Gasteiger charge is -2.29. The number of benzene rings is 1. The van der Waals surface area contributed by atoms with Crippen molar-refractivity contribution in [2.24, 2.45) is 5.41 Å². The second-order valence-electron chi connectivity index (χ2n) is 8.45. The molecule has 0 spiro atoms. The molecule has 0 bridgehead atoms. The molecule has 2 aliphatic rings.